The van der Waals surface area contributed by atoms with Gasteiger partial charge in [-0.1, -0.05) is 67.6 Å². The summed E-state index contributed by atoms with van der Waals surface area (Å²) in [5.74, 6) is 0. The zero-order valence-electron chi connectivity index (χ0n) is 9.77. The fourth-order valence-electron chi connectivity index (χ4n) is 1.26. The Bertz CT molecular complexity index is 399. The Labute approximate surface area is 111 Å². The highest BCUT2D eigenvalue weighted by Crippen LogP contribution is 2.17. The molecular formula is C15H15BrO. The van der Waals surface area contributed by atoms with Crippen molar-refractivity contribution in [2.24, 2.45) is 0 Å². The van der Waals surface area contributed by atoms with E-state index in [0.29, 0.717) is 6.42 Å². The highest BCUT2D eigenvalue weighted by Gasteiger charge is 1.91. The summed E-state index contributed by atoms with van der Waals surface area (Å²) in [6, 6.07) is 20.8. The Hall–Kier alpha value is -1.41. The SMILES string of the molecule is CCC(=O)Br.c1ccc(-c2ccccc2)cc1. The van der Waals surface area contributed by atoms with Crippen molar-refractivity contribution in [1.82, 2.24) is 0 Å². The van der Waals surface area contributed by atoms with Gasteiger partial charge in [0.25, 0.3) is 0 Å². The second kappa shape index (κ2) is 7.80. The van der Waals surface area contributed by atoms with Crippen LogP contribution in [-0.2, 0) is 4.79 Å². The van der Waals surface area contributed by atoms with Crippen LogP contribution < -0.4 is 0 Å². The van der Waals surface area contributed by atoms with Crippen molar-refractivity contribution in [3.05, 3.63) is 60.7 Å². The number of benzene rings is 2. The molecule has 2 heteroatoms. The largest absolute Gasteiger partial charge is 0.287 e. The van der Waals surface area contributed by atoms with Crippen LogP contribution in [0.25, 0.3) is 11.1 Å². The van der Waals surface area contributed by atoms with Crippen LogP contribution in [-0.4, -0.2) is 4.69 Å². The number of halogens is 1. The Morgan fingerprint density at radius 3 is 1.41 bits per heavy atom. The first kappa shape index (κ1) is 13.7. The molecule has 0 bridgehead atoms. The summed E-state index contributed by atoms with van der Waals surface area (Å²) >= 11 is 2.73. The summed E-state index contributed by atoms with van der Waals surface area (Å²) in [7, 11) is 0. The van der Waals surface area contributed by atoms with E-state index in [2.05, 4.69) is 64.5 Å². The fourth-order valence-corrected chi connectivity index (χ4v) is 1.26. The first-order valence-corrected chi connectivity index (χ1v) is 6.32. The maximum atomic E-state index is 9.73. The first-order chi connectivity index (χ1) is 8.24. The summed E-state index contributed by atoms with van der Waals surface area (Å²) in [5.41, 5.74) is 2.55. The fraction of sp³-hybridized carbons (Fsp3) is 0.133. The van der Waals surface area contributed by atoms with Crippen molar-refractivity contribution in [1.29, 1.82) is 0 Å². The molecule has 2 rings (SSSR count). The van der Waals surface area contributed by atoms with Crippen molar-refractivity contribution < 1.29 is 4.79 Å². The van der Waals surface area contributed by atoms with E-state index in [4.69, 9.17) is 0 Å². The van der Waals surface area contributed by atoms with Gasteiger partial charge in [0.2, 0.25) is 0 Å². The van der Waals surface area contributed by atoms with Crippen LogP contribution in [0.15, 0.2) is 60.7 Å². The van der Waals surface area contributed by atoms with E-state index in [9.17, 15) is 4.79 Å². The van der Waals surface area contributed by atoms with Crippen LogP contribution in [0.5, 0.6) is 0 Å². The molecule has 0 saturated heterocycles. The molecule has 0 aliphatic heterocycles. The molecule has 2 aromatic carbocycles. The van der Waals surface area contributed by atoms with Crippen molar-refractivity contribution >= 4 is 20.6 Å². The minimum Gasteiger partial charge on any atom is -0.287 e. The molecule has 17 heavy (non-hydrogen) atoms. The van der Waals surface area contributed by atoms with Crippen LogP contribution >= 0.6 is 15.9 Å². The lowest BCUT2D eigenvalue weighted by Crippen LogP contribution is -1.73. The molecule has 0 aliphatic rings. The zero-order valence-corrected chi connectivity index (χ0v) is 11.4. The number of carbonyl (C=O) groups is 1. The van der Waals surface area contributed by atoms with E-state index in [1.54, 1.807) is 6.92 Å². The van der Waals surface area contributed by atoms with Crippen LogP contribution in [0.2, 0.25) is 0 Å². The van der Waals surface area contributed by atoms with Gasteiger partial charge in [-0.2, -0.15) is 0 Å². The molecule has 0 atom stereocenters. The molecule has 0 aromatic heterocycles. The monoisotopic (exact) mass is 290 g/mol. The van der Waals surface area contributed by atoms with E-state index < -0.39 is 0 Å². The summed E-state index contributed by atoms with van der Waals surface area (Å²) in [6.07, 6.45) is 0.583. The van der Waals surface area contributed by atoms with Crippen LogP contribution in [0, 0.1) is 0 Å². The van der Waals surface area contributed by atoms with Crippen LogP contribution in [0.4, 0.5) is 0 Å². The number of hydrogen-bond acceptors (Lipinski definition) is 1. The molecule has 0 amide bonds. The van der Waals surface area contributed by atoms with Gasteiger partial charge in [0.15, 0.2) is 4.69 Å². The molecule has 0 fully saturated rings. The predicted molar refractivity (Wildman–Crippen MR) is 76.1 cm³/mol. The first-order valence-electron chi connectivity index (χ1n) is 5.53. The number of carbonyl (C=O) groups excluding carboxylic acids is 1. The molecule has 0 heterocycles. The lowest BCUT2D eigenvalue weighted by molar-refractivity contribution is -0.110. The second-order valence-electron chi connectivity index (χ2n) is 3.44. The van der Waals surface area contributed by atoms with E-state index in [1.165, 1.54) is 11.1 Å². The summed E-state index contributed by atoms with van der Waals surface area (Å²) in [4.78, 5) is 9.73. The van der Waals surface area contributed by atoms with Gasteiger partial charge in [-0.3, -0.25) is 4.79 Å². The molecule has 0 unspecified atom stereocenters. The van der Waals surface area contributed by atoms with Crippen molar-refractivity contribution in [2.45, 2.75) is 13.3 Å². The molecule has 0 saturated carbocycles. The van der Waals surface area contributed by atoms with E-state index in [-0.39, 0.29) is 4.69 Å². The average Bonchev–Trinajstić information content (AvgIpc) is 2.41. The molecule has 0 spiro atoms. The topological polar surface area (TPSA) is 17.1 Å². The van der Waals surface area contributed by atoms with Crippen LogP contribution in [0.3, 0.4) is 0 Å². The van der Waals surface area contributed by atoms with Crippen molar-refractivity contribution in [2.75, 3.05) is 0 Å². The van der Waals surface area contributed by atoms with Crippen LogP contribution in [0.1, 0.15) is 13.3 Å². The molecule has 0 aliphatic carbocycles. The summed E-state index contributed by atoms with van der Waals surface area (Å²) < 4.78 is 0.0671. The Morgan fingerprint density at radius 2 is 1.18 bits per heavy atom. The quantitative estimate of drug-likeness (QED) is 0.735. The zero-order chi connectivity index (χ0) is 12.5. The minimum absolute atomic E-state index is 0.0671. The smallest absolute Gasteiger partial charge is 0.197 e. The van der Waals surface area contributed by atoms with E-state index in [1.807, 2.05) is 12.1 Å². The predicted octanol–water partition coefficient (Wildman–Crippen LogP) is 4.67. The van der Waals surface area contributed by atoms with Gasteiger partial charge < -0.3 is 0 Å². The third kappa shape index (κ3) is 5.45. The van der Waals surface area contributed by atoms with E-state index in [0.717, 1.165) is 0 Å². The lowest BCUT2D eigenvalue weighted by Gasteiger charge is -1.98. The highest BCUT2D eigenvalue weighted by atomic mass is 79.9. The molecule has 1 nitrogen and oxygen atoms in total. The van der Waals surface area contributed by atoms with Gasteiger partial charge in [-0.25, -0.2) is 0 Å². The number of rotatable bonds is 2. The Morgan fingerprint density at radius 1 is 0.882 bits per heavy atom. The molecule has 2 aromatic rings. The molecule has 0 radical (unpaired) electrons. The normalized spacial score (nSPS) is 9.06. The van der Waals surface area contributed by atoms with Gasteiger partial charge in [0.05, 0.1) is 0 Å². The minimum atomic E-state index is 0.0671. The Kier molecular flexibility index (Phi) is 6.26. The molecule has 0 N–H and O–H groups in total. The van der Waals surface area contributed by atoms with Gasteiger partial charge >= 0.3 is 0 Å². The van der Waals surface area contributed by atoms with Gasteiger partial charge in [0.1, 0.15) is 0 Å². The lowest BCUT2D eigenvalue weighted by atomic mass is 10.1. The third-order valence-electron chi connectivity index (χ3n) is 2.16. The number of hydrogen-bond donors (Lipinski definition) is 0. The summed E-state index contributed by atoms with van der Waals surface area (Å²) in [6.45, 7) is 1.80. The second-order valence-corrected chi connectivity index (χ2v) is 4.33. The molecule has 88 valence electrons. The van der Waals surface area contributed by atoms with Crippen molar-refractivity contribution in [3.63, 3.8) is 0 Å². The van der Waals surface area contributed by atoms with E-state index >= 15 is 0 Å². The van der Waals surface area contributed by atoms with Gasteiger partial charge in [-0.05, 0) is 27.1 Å². The maximum Gasteiger partial charge on any atom is 0.197 e. The molecular weight excluding hydrogens is 276 g/mol. The Balaban J connectivity index is 0.000000249. The maximum absolute atomic E-state index is 9.73. The highest BCUT2D eigenvalue weighted by molar-refractivity contribution is 9.18. The summed E-state index contributed by atoms with van der Waals surface area (Å²) in [5, 5.41) is 0. The van der Waals surface area contributed by atoms with Crippen molar-refractivity contribution in [3.8, 4) is 11.1 Å². The standard InChI is InChI=1S/C12H10.C3H5BrO/c1-3-7-11(8-4-1)12-9-5-2-6-10-12;1-2-3(4)5/h1-10H;2H2,1H3. The van der Waals surface area contributed by atoms with Gasteiger partial charge in [0, 0.05) is 6.42 Å². The average molecular weight is 291 g/mol. The van der Waals surface area contributed by atoms with Gasteiger partial charge in [-0.15, -0.1) is 0 Å². The third-order valence-corrected chi connectivity index (χ3v) is 2.72.